The number of hydrogen-bond donors (Lipinski definition) is 2. The van der Waals surface area contributed by atoms with Crippen molar-refractivity contribution in [3.8, 4) is 0 Å². The molecule has 4 unspecified atom stereocenters. The summed E-state index contributed by atoms with van der Waals surface area (Å²) in [6.07, 6.45) is 5.62. The summed E-state index contributed by atoms with van der Waals surface area (Å²) in [7, 11) is 2.54. The lowest BCUT2D eigenvalue weighted by atomic mass is 9.70. The Labute approximate surface area is 159 Å². The van der Waals surface area contributed by atoms with Gasteiger partial charge in [-0.15, -0.1) is 0 Å². The number of esters is 2. The first kappa shape index (κ1) is 22.9. The van der Waals surface area contributed by atoms with Crippen LogP contribution in [0, 0.1) is 23.2 Å². The van der Waals surface area contributed by atoms with E-state index in [4.69, 9.17) is 10.2 Å². The molecule has 0 aromatic rings. The molecule has 0 spiro atoms. The highest BCUT2D eigenvalue weighted by Crippen LogP contribution is 2.40. The number of carbonyl (C=O) groups excluding carboxylic acids is 2. The molecule has 4 atom stereocenters. The van der Waals surface area contributed by atoms with Gasteiger partial charge in [0.05, 0.1) is 26.1 Å². The molecule has 0 heterocycles. The smallest absolute Gasteiger partial charge is 0.323 e. The molecule has 27 heavy (non-hydrogen) atoms. The molecule has 0 radical (unpaired) electrons. The molecule has 0 saturated heterocycles. The van der Waals surface area contributed by atoms with Crippen LogP contribution in [-0.4, -0.2) is 48.3 Å². The number of methoxy groups -OCH3 is 2. The maximum Gasteiger partial charge on any atom is 0.323 e. The van der Waals surface area contributed by atoms with E-state index in [1.165, 1.54) is 14.2 Å². The van der Waals surface area contributed by atoms with Crippen molar-refractivity contribution < 1.29 is 38.9 Å². The first-order valence-corrected chi connectivity index (χ1v) is 9.32. The third-order valence-corrected chi connectivity index (χ3v) is 5.57. The fraction of sp³-hybridized carbons (Fsp3) is 0.789. The van der Waals surface area contributed by atoms with Crippen LogP contribution in [0.4, 0.5) is 0 Å². The standard InChI is InChI=1S/C10H16O4.C9H14O4/c1-7-4-3-5-10(6-7,8(11)12)9(13)14-2;1-13-9(12)7-5-3-2-4-6(7)8(10)11/h7H,3-6H2,1-2H3,(H,11,12);6-7H,2-5H2,1H3,(H,10,11). The first-order valence-electron chi connectivity index (χ1n) is 9.32. The van der Waals surface area contributed by atoms with Gasteiger partial charge in [-0.05, 0) is 31.6 Å². The van der Waals surface area contributed by atoms with Crippen LogP contribution in [-0.2, 0) is 28.7 Å². The molecule has 2 aliphatic carbocycles. The van der Waals surface area contributed by atoms with Crippen molar-refractivity contribution in [1.29, 1.82) is 0 Å². The van der Waals surface area contributed by atoms with Crippen molar-refractivity contribution in [1.82, 2.24) is 0 Å². The van der Waals surface area contributed by atoms with E-state index in [1.807, 2.05) is 6.92 Å². The molecule has 0 aromatic carbocycles. The Kier molecular flexibility index (Phi) is 8.72. The zero-order chi connectivity index (χ0) is 20.6. The summed E-state index contributed by atoms with van der Waals surface area (Å²) >= 11 is 0. The molecule has 0 aromatic heterocycles. The molecule has 154 valence electrons. The minimum absolute atomic E-state index is 0.277. The fourth-order valence-corrected chi connectivity index (χ4v) is 4.07. The quantitative estimate of drug-likeness (QED) is 0.557. The molecule has 2 N–H and O–H groups in total. The Balaban J connectivity index is 0.000000271. The summed E-state index contributed by atoms with van der Waals surface area (Å²) in [5.74, 6) is -3.61. The van der Waals surface area contributed by atoms with Crippen molar-refractivity contribution in [2.45, 2.75) is 58.3 Å². The number of carboxylic acid groups (broad SMARTS) is 2. The number of rotatable bonds is 4. The number of carbonyl (C=O) groups is 4. The lowest BCUT2D eigenvalue weighted by molar-refractivity contribution is -0.170. The minimum Gasteiger partial charge on any atom is -0.481 e. The maximum absolute atomic E-state index is 11.5. The molecule has 0 bridgehead atoms. The predicted molar refractivity (Wildman–Crippen MR) is 94.8 cm³/mol. The SMILES string of the molecule is COC(=O)C1(C(=O)O)CCCC(C)C1.COC(=O)C1CCCCC1C(=O)O. The summed E-state index contributed by atoms with van der Waals surface area (Å²) in [6.45, 7) is 1.97. The normalized spacial score (nSPS) is 30.3. The van der Waals surface area contributed by atoms with E-state index in [0.29, 0.717) is 25.7 Å². The molecule has 2 rings (SSSR count). The molecular formula is C19H30O8. The molecule has 8 nitrogen and oxygen atoms in total. The second-order valence-corrected chi connectivity index (χ2v) is 7.44. The number of aliphatic carboxylic acids is 2. The predicted octanol–water partition coefficient (Wildman–Crippen LogP) is 2.49. The van der Waals surface area contributed by atoms with Gasteiger partial charge in [-0.25, -0.2) is 0 Å². The Hall–Kier alpha value is -2.12. The van der Waals surface area contributed by atoms with Crippen LogP contribution in [0.2, 0.25) is 0 Å². The van der Waals surface area contributed by atoms with E-state index in [9.17, 15) is 19.2 Å². The Morgan fingerprint density at radius 1 is 0.889 bits per heavy atom. The van der Waals surface area contributed by atoms with Gasteiger partial charge in [-0.2, -0.15) is 0 Å². The molecule has 2 saturated carbocycles. The highest BCUT2D eigenvalue weighted by Gasteiger charge is 2.49. The molecule has 2 aliphatic rings. The average Bonchev–Trinajstić information content (AvgIpc) is 2.66. The molecule has 0 aliphatic heterocycles. The maximum atomic E-state index is 11.5. The van der Waals surface area contributed by atoms with E-state index in [-0.39, 0.29) is 11.9 Å². The van der Waals surface area contributed by atoms with Crippen LogP contribution >= 0.6 is 0 Å². The van der Waals surface area contributed by atoms with Gasteiger partial charge in [0.15, 0.2) is 5.41 Å². The second kappa shape index (κ2) is 10.3. The van der Waals surface area contributed by atoms with Crippen molar-refractivity contribution in [3.63, 3.8) is 0 Å². The van der Waals surface area contributed by atoms with Gasteiger partial charge >= 0.3 is 23.9 Å². The summed E-state index contributed by atoms with van der Waals surface area (Å²) in [6, 6.07) is 0. The number of carboxylic acids is 2. The van der Waals surface area contributed by atoms with Crippen LogP contribution in [0.25, 0.3) is 0 Å². The Morgan fingerprint density at radius 2 is 1.48 bits per heavy atom. The van der Waals surface area contributed by atoms with Crippen LogP contribution < -0.4 is 0 Å². The van der Waals surface area contributed by atoms with Crippen molar-refractivity contribution in [2.75, 3.05) is 14.2 Å². The topological polar surface area (TPSA) is 127 Å². The third-order valence-electron chi connectivity index (χ3n) is 5.57. The fourth-order valence-electron chi connectivity index (χ4n) is 4.07. The van der Waals surface area contributed by atoms with Gasteiger partial charge < -0.3 is 19.7 Å². The van der Waals surface area contributed by atoms with Crippen molar-refractivity contribution in [2.24, 2.45) is 23.2 Å². The largest absolute Gasteiger partial charge is 0.481 e. The summed E-state index contributed by atoms with van der Waals surface area (Å²) in [5.41, 5.74) is -1.29. The molecule has 2 fully saturated rings. The zero-order valence-electron chi connectivity index (χ0n) is 16.2. The third kappa shape index (κ3) is 5.68. The van der Waals surface area contributed by atoms with Gasteiger partial charge in [0.25, 0.3) is 0 Å². The first-order chi connectivity index (χ1) is 12.7. The highest BCUT2D eigenvalue weighted by atomic mass is 16.5. The van der Waals surface area contributed by atoms with Crippen LogP contribution in [0.15, 0.2) is 0 Å². The summed E-state index contributed by atoms with van der Waals surface area (Å²) in [4.78, 5) is 44.6. The summed E-state index contributed by atoms with van der Waals surface area (Å²) < 4.78 is 9.15. The second-order valence-electron chi connectivity index (χ2n) is 7.44. The van der Waals surface area contributed by atoms with Crippen LogP contribution in [0.1, 0.15) is 58.3 Å². The van der Waals surface area contributed by atoms with Gasteiger partial charge in [-0.1, -0.05) is 32.6 Å². The monoisotopic (exact) mass is 386 g/mol. The van der Waals surface area contributed by atoms with E-state index in [2.05, 4.69) is 9.47 Å². The van der Waals surface area contributed by atoms with Crippen LogP contribution in [0.3, 0.4) is 0 Å². The van der Waals surface area contributed by atoms with Gasteiger partial charge in [0.2, 0.25) is 0 Å². The van der Waals surface area contributed by atoms with Crippen molar-refractivity contribution in [3.05, 3.63) is 0 Å². The van der Waals surface area contributed by atoms with E-state index < -0.39 is 35.2 Å². The lowest BCUT2D eigenvalue weighted by Crippen LogP contribution is -2.43. The highest BCUT2D eigenvalue weighted by molar-refractivity contribution is 5.99. The average molecular weight is 386 g/mol. The van der Waals surface area contributed by atoms with E-state index in [0.717, 1.165) is 25.7 Å². The zero-order valence-corrected chi connectivity index (χ0v) is 16.2. The van der Waals surface area contributed by atoms with Gasteiger partial charge in [0, 0.05) is 0 Å². The Bertz CT molecular complexity index is 558. The van der Waals surface area contributed by atoms with Crippen LogP contribution in [0.5, 0.6) is 0 Å². The van der Waals surface area contributed by atoms with Gasteiger partial charge in [-0.3, -0.25) is 19.2 Å². The lowest BCUT2D eigenvalue weighted by Gasteiger charge is -2.33. The molecule has 0 amide bonds. The molecular weight excluding hydrogens is 356 g/mol. The minimum atomic E-state index is -1.29. The van der Waals surface area contributed by atoms with E-state index in [1.54, 1.807) is 0 Å². The number of ether oxygens (including phenoxy) is 2. The van der Waals surface area contributed by atoms with Crippen molar-refractivity contribution >= 4 is 23.9 Å². The summed E-state index contributed by atoms with van der Waals surface area (Å²) in [5, 5.41) is 18.0. The molecule has 8 heteroatoms. The Morgan fingerprint density at radius 3 is 1.93 bits per heavy atom. The van der Waals surface area contributed by atoms with E-state index >= 15 is 0 Å². The number of hydrogen-bond acceptors (Lipinski definition) is 6. The van der Waals surface area contributed by atoms with Gasteiger partial charge in [0.1, 0.15) is 0 Å².